The van der Waals surface area contributed by atoms with Crippen molar-refractivity contribution in [1.82, 2.24) is 9.78 Å². The van der Waals surface area contributed by atoms with Gasteiger partial charge in [-0.2, -0.15) is 5.10 Å². The molecular formula is C18H26N4O. The summed E-state index contributed by atoms with van der Waals surface area (Å²) in [6.45, 7) is 11.2. The number of carbonyl (C=O) groups excluding carboxylic acids is 1. The number of aromatic nitrogens is 2. The minimum atomic E-state index is -0.114. The van der Waals surface area contributed by atoms with E-state index in [2.05, 4.69) is 36.1 Å². The molecule has 5 heteroatoms. The number of nitrogens with one attached hydrogen (secondary N) is 1. The van der Waals surface area contributed by atoms with Crippen LogP contribution >= 0.6 is 0 Å². The SMILES string of the molecule is CCN(c1ccc(NC(=O)c2c(C)nn(C)c2C)cc1)C(C)C. The number of rotatable bonds is 5. The highest BCUT2D eigenvalue weighted by Crippen LogP contribution is 2.21. The Morgan fingerprint density at radius 1 is 1.26 bits per heavy atom. The van der Waals surface area contributed by atoms with Crippen molar-refractivity contribution in [2.45, 2.75) is 40.7 Å². The Morgan fingerprint density at radius 3 is 2.30 bits per heavy atom. The number of aryl methyl sites for hydroxylation is 2. The summed E-state index contributed by atoms with van der Waals surface area (Å²) >= 11 is 0. The first-order valence-electron chi connectivity index (χ1n) is 8.03. The Kier molecular flexibility index (Phi) is 5.08. The van der Waals surface area contributed by atoms with Crippen molar-refractivity contribution < 1.29 is 4.79 Å². The molecule has 1 heterocycles. The topological polar surface area (TPSA) is 50.2 Å². The van der Waals surface area contributed by atoms with E-state index < -0.39 is 0 Å². The number of amides is 1. The van der Waals surface area contributed by atoms with Gasteiger partial charge in [0.05, 0.1) is 11.3 Å². The second-order valence-corrected chi connectivity index (χ2v) is 6.05. The van der Waals surface area contributed by atoms with Crippen LogP contribution in [0.3, 0.4) is 0 Å². The lowest BCUT2D eigenvalue weighted by molar-refractivity contribution is 0.102. The van der Waals surface area contributed by atoms with E-state index in [4.69, 9.17) is 0 Å². The van der Waals surface area contributed by atoms with Gasteiger partial charge in [-0.15, -0.1) is 0 Å². The normalized spacial score (nSPS) is 10.9. The maximum atomic E-state index is 12.5. The van der Waals surface area contributed by atoms with Crippen molar-refractivity contribution in [2.75, 3.05) is 16.8 Å². The van der Waals surface area contributed by atoms with Crippen LogP contribution in [0.4, 0.5) is 11.4 Å². The molecule has 1 aromatic heterocycles. The van der Waals surface area contributed by atoms with Crippen LogP contribution in [0, 0.1) is 13.8 Å². The summed E-state index contributed by atoms with van der Waals surface area (Å²) in [5.41, 5.74) is 4.22. The number of benzene rings is 1. The van der Waals surface area contributed by atoms with Crippen LogP contribution in [0.1, 0.15) is 42.5 Å². The van der Waals surface area contributed by atoms with Crippen LogP contribution in [-0.4, -0.2) is 28.3 Å². The van der Waals surface area contributed by atoms with Gasteiger partial charge in [0.25, 0.3) is 5.91 Å². The number of carbonyl (C=O) groups is 1. The van der Waals surface area contributed by atoms with E-state index >= 15 is 0 Å². The quantitative estimate of drug-likeness (QED) is 0.918. The minimum Gasteiger partial charge on any atom is -0.369 e. The van der Waals surface area contributed by atoms with Gasteiger partial charge in [-0.25, -0.2) is 0 Å². The van der Waals surface area contributed by atoms with Crippen LogP contribution in [0.5, 0.6) is 0 Å². The van der Waals surface area contributed by atoms with Gasteiger partial charge in [-0.05, 0) is 58.9 Å². The summed E-state index contributed by atoms with van der Waals surface area (Å²) in [4.78, 5) is 14.8. The monoisotopic (exact) mass is 314 g/mol. The zero-order chi connectivity index (χ0) is 17.1. The molecule has 0 fully saturated rings. The van der Waals surface area contributed by atoms with E-state index in [-0.39, 0.29) is 5.91 Å². The van der Waals surface area contributed by atoms with E-state index in [1.165, 1.54) is 0 Å². The van der Waals surface area contributed by atoms with Gasteiger partial charge in [0.2, 0.25) is 0 Å². The van der Waals surface area contributed by atoms with Crippen molar-refractivity contribution in [3.8, 4) is 0 Å². The summed E-state index contributed by atoms with van der Waals surface area (Å²) < 4.78 is 1.73. The Labute approximate surface area is 138 Å². The lowest BCUT2D eigenvalue weighted by Crippen LogP contribution is -2.30. The third kappa shape index (κ3) is 3.55. The van der Waals surface area contributed by atoms with Crippen LogP contribution in [0.25, 0.3) is 0 Å². The van der Waals surface area contributed by atoms with Gasteiger partial charge in [0, 0.05) is 36.7 Å². The summed E-state index contributed by atoms with van der Waals surface area (Å²) in [5.74, 6) is -0.114. The summed E-state index contributed by atoms with van der Waals surface area (Å²) in [7, 11) is 1.85. The average molecular weight is 314 g/mol. The van der Waals surface area contributed by atoms with E-state index in [1.807, 2.05) is 45.2 Å². The molecule has 2 rings (SSSR count). The molecule has 0 aliphatic heterocycles. The highest BCUT2D eigenvalue weighted by atomic mass is 16.1. The fourth-order valence-corrected chi connectivity index (χ4v) is 2.88. The molecule has 23 heavy (non-hydrogen) atoms. The fourth-order valence-electron chi connectivity index (χ4n) is 2.88. The van der Waals surface area contributed by atoms with Crippen molar-refractivity contribution in [3.05, 3.63) is 41.2 Å². The number of anilines is 2. The highest BCUT2D eigenvalue weighted by Gasteiger charge is 2.17. The number of hydrogen-bond donors (Lipinski definition) is 1. The largest absolute Gasteiger partial charge is 0.369 e. The lowest BCUT2D eigenvalue weighted by atomic mass is 10.1. The smallest absolute Gasteiger partial charge is 0.259 e. The number of nitrogens with zero attached hydrogens (tertiary/aromatic N) is 3. The molecule has 1 aromatic carbocycles. The first-order chi connectivity index (χ1) is 10.8. The van der Waals surface area contributed by atoms with Crippen LogP contribution in [-0.2, 0) is 7.05 Å². The fraction of sp³-hybridized carbons (Fsp3) is 0.444. The Morgan fingerprint density at radius 2 is 1.87 bits per heavy atom. The predicted octanol–water partition coefficient (Wildman–Crippen LogP) is 3.52. The number of hydrogen-bond acceptors (Lipinski definition) is 3. The third-order valence-electron chi connectivity index (χ3n) is 4.16. The highest BCUT2D eigenvalue weighted by molar-refractivity contribution is 6.05. The minimum absolute atomic E-state index is 0.114. The van der Waals surface area contributed by atoms with Crippen molar-refractivity contribution in [2.24, 2.45) is 7.05 Å². The van der Waals surface area contributed by atoms with Gasteiger partial charge in [-0.3, -0.25) is 9.48 Å². The Hall–Kier alpha value is -2.30. The second-order valence-electron chi connectivity index (χ2n) is 6.05. The molecule has 1 N–H and O–H groups in total. The summed E-state index contributed by atoms with van der Waals surface area (Å²) in [5, 5.41) is 7.25. The first-order valence-corrected chi connectivity index (χ1v) is 8.03. The summed E-state index contributed by atoms with van der Waals surface area (Å²) in [6, 6.07) is 8.42. The van der Waals surface area contributed by atoms with Gasteiger partial charge in [0.1, 0.15) is 0 Å². The zero-order valence-electron chi connectivity index (χ0n) is 14.8. The maximum absolute atomic E-state index is 12.5. The third-order valence-corrected chi connectivity index (χ3v) is 4.16. The van der Waals surface area contributed by atoms with Gasteiger partial charge in [0.15, 0.2) is 0 Å². The van der Waals surface area contributed by atoms with E-state index in [9.17, 15) is 4.79 Å². The molecule has 0 saturated carbocycles. The Balaban J connectivity index is 2.16. The van der Waals surface area contributed by atoms with Crippen LogP contribution in [0.15, 0.2) is 24.3 Å². The molecule has 0 aliphatic carbocycles. The molecule has 0 aliphatic rings. The van der Waals surface area contributed by atoms with Crippen molar-refractivity contribution in [1.29, 1.82) is 0 Å². The first kappa shape index (κ1) is 17.1. The zero-order valence-corrected chi connectivity index (χ0v) is 14.8. The van der Waals surface area contributed by atoms with E-state index in [0.29, 0.717) is 11.6 Å². The van der Waals surface area contributed by atoms with Gasteiger partial charge >= 0.3 is 0 Å². The van der Waals surface area contributed by atoms with Crippen LogP contribution < -0.4 is 10.2 Å². The maximum Gasteiger partial charge on any atom is 0.259 e. The molecule has 0 radical (unpaired) electrons. The molecule has 2 aromatic rings. The molecule has 0 atom stereocenters. The predicted molar refractivity (Wildman–Crippen MR) is 95.2 cm³/mol. The summed E-state index contributed by atoms with van der Waals surface area (Å²) in [6.07, 6.45) is 0. The molecule has 0 bridgehead atoms. The average Bonchev–Trinajstić information content (AvgIpc) is 2.74. The van der Waals surface area contributed by atoms with Crippen LogP contribution in [0.2, 0.25) is 0 Å². The second kappa shape index (κ2) is 6.86. The van der Waals surface area contributed by atoms with Crippen molar-refractivity contribution >= 4 is 17.3 Å². The molecule has 5 nitrogen and oxygen atoms in total. The van der Waals surface area contributed by atoms with Gasteiger partial charge in [-0.1, -0.05) is 0 Å². The Bertz CT molecular complexity index is 686. The molecule has 0 saturated heterocycles. The molecule has 124 valence electrons. The van der Waals surface area contributed by atoms with Crippen molar-refractivity contribution in [3.63, 3.8) is 0 Å². The standard InChI is InChI=1S/C18H26N4O/c1-7-22(12(2)3)16-10-8-15(9-11-16)19-18(23)17-13(4)20-21(6)14(17)5/h8-12H,7H2,1-6H3,(H,19,23). The molecule has 1 amide bonds. The van der Waals surface area contributed by atoms with Gasteiger partial charge < -0.3 is 10.2 Å². The molecular weight excluding hydrogens is 288 g/mol. The molecule has 0 unspecified atom stereocenters. The lowest BCUT2D eigenvalue weighted by Gasteiger charge is -2.27. The van der Waals surface area contributed by atoms with E-state index in [0.717, 1.165) is 29.3 Å². The molecule has 0 spiro atoms. The van der Waals surface area contributed by atoms with E-state index in [1.54, 1.807) is 4.68 Å².